The minimum absolute atomic E-state index is 0.00185. The third-order valence-corrected chi connectivity index (χ3v) is 3.37. The SMILES string of the molecule is CCCNC(=O)C(C)N(Cc1ccccc1)C(=O)C(C)C. The molecule has 1 rings (SSSR count). The largest absolute Gasteiger partial charge is 0.354 e. The van der Waals surface area contributed by atoms with Crippen LogP contribution in [0.2, 0.25) is 0 Å². The Bertz CT molecular complexity index is 457. The molecule has 1 atom stereocenters. The first-order valence-electron chi connectivity index (χ1n) is 7.59. The van der Waals surface area contributed by atoms with E-state index in [9.17, 15) is 9.59 Å². The highest BCUT2D eigenvalue weighted by Crippen LogP contribution is 2.13. The molecule has 1 aromatic rings. The van der Waals surface area contributed by atoms with E-state index in [0.717, 1.165) is 12.0 Å². The second-order valence-electron chi connectivity index (χ2n) is 5.57. The van der Waals surface area contributed by atoms with Gasteiger partial charge in [0, 0.05) is 19.0 Å². The summed E-state index contributed by atoms with van der Waals surface area (Å²) in [6, 6.07) is 9.29. The van der Waals surface area contributed by atoms with Gasteiger partial charge in [-0.15, -0.1) is 0 Å². The highest BCUT2D eigenvalue weighted by molar-refractivity contribution is 5.88. The Morgan fingerprint density at radius 3 is 2.29 bits per heavy atom. The fourth-order valence-electron chi connectivity index (χ4n) is 2.05. The Labute approximate surface area is 127 Å². The smallest absolute Gasteiger partial charge is 0.242 e. The van der Waals surface area contributed by atoms with E-state index in [4.69, 9.17) is 0 Å². The summed E-state index contributed by atoms with van der Waals surface area (Å²) in [6.45, 7) is 8.60. The Kier molecular flexibility index (Phi) is 6.92. The minimum atomic E-state index is -0.466. The fraction of sp³-hybridized carbons (Fsp3) is 0.529. The first-order valence-corrected chi connectivity index (χ1v) is 7.59. The molecule has 0 bridgehead atoms. The number of benzene rings is 1. The van der Waals surface area contributed by atoms with Gasteiger partial charge in [0.15, 0.2) is 0 Å². The second kappa shape index (κ2) is 8.45. The van der Waals surface area contributed by atoms with E-state index in [1.54, 1.807) is 11.8 Å². The molecule has 0 saturated carbocycles. The lowest BCUT2D eigenvalue weighted by Gasteiger charge is -2.30. The molecule has 0 aromatic heterocycles. The van der Waals surface area contributed by atoms with Gasteiger partial charge in [-0.1, -0.05) is 51.1 Å². The van der Waals surface area contributed by atoms with Crippen LogP contribution in [0.1, 0.15) is 39.7 Å². The zero-order valence-corrected chi connectivity index (χ0v) is 13.4. The van der Waals surface area contributed by atoms with Gasteiger partial charge in [0.25, 0.3) is 0 Å². The van der Waals surface area contributed by atoms with Gasteiger partial charge in [-0.25, -0.2) is 0 Å². The van der Waals surface area contributed by atoms with Crippen molar-refractivity contribution < 1.29 is 9.59 Å². The molecule has 0 spiro atoms. The zero-order valence-electron chi connectivity index (χ0n) is 13.4. The molecule has 0 aliphatic rings. The van der Waals surface area contributed by atoms with E-state index in [2.05, 4.69) is 5.32 Å². The molecule has 0 saturated heterocycles. The molecule has 0 radical (unpaired) electrons. The van der Waals surface area contributed by atoms with Crippen molar-refractivity contribution in [1.82, 2.24) is 10.2 Å². The minimum Gasteiger partial charge on any atom is -0.354 e. The molecule has 116 valence electrons. The molecule has 0 fully saturated rings. The Hall–Kier alpha value is -1.84. The Balaban J connectivity index is 2.86. The normalized spacial score (nSPS) is 12.0. The summed E-state index contributed by atoms with van der Waals surface area (Å²) in [7, 11) is 0. The van der Waals surface area contributed by atoms with Gasteiger partial charge in [0.2, 0.25) is 11.8 Å². The maximum atomic E-state index is 12.4. The van der Waals surface area contributed by atoms with Crippen molar-refractivity contribution in [3.05, 3.63) is 35.9 Å². The first-order chi connectivity index (χ1) is 9.97. The molecule has 0 heterocycles. The van der Waals surface area contributed by atoms with Gasteiger partial charge in [-0.05, 0) is 18.9 Å². The lowest BCUT2D eigenvalue weighted by Crippen LogP contribution is -2.49. The van der Waals surface area contributed by atoms with Crippen LogP contribution in [-0.2, 0) is 16.1 Å². The average molecular weight is 290 g/mol. The molecule has 4 nitrogen and oxygen atoms in total. The molecule has 4 heteroatoms. The van der Waals surface area contributed by atoms with E-state index in [1.807, 2.05) is 51.1 Å². The summed E-state index contributed by atoms with van der Waals surface area (Å²) < 4.78 is 0. The van der Waals surface area contributed by atoms with Crippen molar-refractivity contribution >= 4 is 11.8 Å². The van der Waals surface area contributed by atoms with Crippen molar-refractivity contribution in [3.63, 3.8) is 0 Å². The van der Waals surface area contributed by atoms with Crippen LogP contribution in [-0.4, -0.2) is 29.3 Å². The topological polar surface area (TPSA) is 49.4 Å². The highest BCUT2D eigenvalue weighted by atomic mass is 16.2. The lowest BCUT2D eigenvalue weighted by atomic mass is 10.1. The van der Waals surface area contributed by atoms with Gasteiger partial charge in [0.1, 0.15) is 6.04 Å². The van der Waals surface area contributed by atoms with Gasteiger partial charge in [-0.3, -0.25) is 9.59 Å². The molecular formula is C17H26N2O2. The third-order valence-electron chi connectivity index (χ3n) is 3.37. The number of rotatable bonds is 7. The number of carbonyl (C=O) groups is 2. The Morgan fingerprint density at radius 2 is 1.76 bits per heavy atom. The summed E-state index contributed by atoms with van der Waals surface area (Å²) in [5, 5.41) is 2.86. The molecule has 1 N–H and O–H groups in total. The molecule has 2 amide bonds. The quantitative estimate of drug-likeness (QED) is 0.839. The van der Waals surface area contributed by atoms with Gasteiger partial charge in [0.05, 0.1) is 0 Å². The number of nitrogens with zero attached hydrogens (tertiary/aromatic N) is 1. The van der Waals surface area contributed by atoms with E-state index >= 15 is 0 Å². The van der Waals surface area contributed by atoms with Crippen LogP contribution < -0.4 is 5.32 Å². The number of carbonyl (C=O) groups excluding carboxylic acids is 2. The zero-order chi connectivity index (χ0) is 15.8. The van der Waals surface area contributed by atoms with Crippen LogP contribution in [0, 0.1) is 5.92 Å². The number of amides is 2. The fourth-order valence-corrected chi connectivity index (χ4v) is 2.05. The van der Waals surface area contributed by atoms with Crippen LogP contribution in [0.15, 0.2) is 30.3 Å². The maximum Gasteiger partial charge on any atom is 0.242 e. The van der Waals surface area contributed by atoms with E-state index < -0.39 is 6.04 Å². The molecular weight excluding hydrogens is 264 g/mol. The molecule has 0 aliphatic carbocycles. The van der Waals surface area contributed by atoms with Crippen LogP contribution in [0.25, 0.3) is 0 Å². The van der Waals surface area contributed by atoms with Crippen molar-refractivity contribution in [1.29, 1.82) is 0 Å². The molecule has 0 aliphatic heterocycles. The molecule has 1 unspecified atom stereocenters. The number of nitrogens with one attached hydrogen (secondary N) is 1. The summed E-state index contributed by atoms with van der Waals surface area (Å²) >= 11 is 0. The standard InChI is InChI=1S/C17H26N2O2/c1-5-11-18-16(20)14(4)19(17(21)13(2)3)12-15-9-7-6-8-10-15/h6-10,13-14H,5,11-12H2,1-4H3,(H,18,20). The Morgan fingerprint density at radius 1 is 1.14 bits per heavy atom. The summed E-state index contributed by atoms with van der Waals surface area (Å²) in [5.41, 5.74) is 1.03. The molecule has 1 aromatic carbocycles. The van der Waals surface area contributed by atoms with Crippen LogP contribution in [0.5, 0.6) is 0 Å². The van der Waals surface area contributed by atoms with E-state index in [1.165, 1.54) is 0 Å². The lowest BCUT2D eigenvalue weighted by molar-refractivity contribution is -0.143. The highest BCUT2D eigenvalue weighted by Gasteiger charge is 2.27. The summed E-state index contributed by atoms with van der Waals surface area (Å²) in [6.07, 6.45) is 0.884. The van der Waals surface area contributed by atoms with Crippen molar-refractivity contribution in [2.24, 2.45) is 5.92 Å². The predicted octanol–water partition coefficient (Wildman–Crippen LogP) is 2.59. The van der Waals surface area contributed by atoms with Crippen LogP contribution >= 0.6 is 0 Å². The number of hydrogen-bond donors (Lipinski definition) is 1. The summed E-state index contributed by atoms with van der Waals surface area (Å²) in [5.74, 6) is -0.227. The third kappa shape index (κ3) is 5.21. The van der Waals surface area contributed by atoms with Crippen molar-refractivity contribution in [2.45, 2.75) is 46.7 Å². The van der Waals surface area contributed by atoms with Crippen LogP contribution in [0.3, 0.4) is 0 Å². The van der Waals surface area contributed by atoms with Gasteiger partial charge in [-0.2, -0.15) is 0 Å². The first kappa shape index (κ1) is 17.2. The number of hydrogen-bond acceptors (Lipinski definition) is 2. The predicted molar refractivity (Wildman–Crippen MR) is 84.6 cm³/mol. The molecule has 21 heavy (non-hydrogen) atoms. The summed E-state index contributed by atoms with van der Waals surface area (Å²) in [4.78, 5) is 26.2. The van der Waals surface area contributed by atoms with Gasteiger partial charge < -0.3 is 10.2 Å². The van der Waals surface area contributed by atoms with E-state index in [-0.39, 0.29) is 17.7 Å². The second-order valence-corrected chi connectivity index (χ2v) is 5.57. The average Bonchev–Trinajstić information content (AvgIpc) is 2.49. The van der Waals surface area contributed by atoms with E-state index in [0.29, 0.717) is 13.1 Å². The van der Waals surface area contributed by atoms with Crippen LogP contribution in [0.4, 0.5) is 0 Å². The van der Waals surface area contributed by atoms with Crippen molar-refractivity contribution in [3.8, 4) is 0 Å². The monoisotopic (exact) mass is 290 g/mol. The van der Waals surface area contributed by atoms with Crippen molar-refractivity contribution in [2.75, 3.05) is 6.54 Å². The van der Waals surface area contributed by atoms with Gasteiger partial charge >= 0.3 is 0 Å². The maximum absolute atomic E-state index is 12.4.